The van der Waals surface area contributed by atoms with E-state index in [-0.39, 0.29) is 33.4 Å². The molecule has 0 bridgehead atoms. The van der Waals surface area contributed by atoms with Crippen LogP contribution in [0.1, 0.15) is 62.1 Å². The van der Waals surface area contributed by atoms with Crippen molar-refractivity contribution in [1.82, 2.24) is 0 Å². The van der Waals surface area contributed by atoms with E-state index < -0.39 is 35.4 Å². The third kappa shape index (κ3) is 7.59. The number of amides is 6. The van der Waals surface area contributed by atoms with Gasteiger partial charge in [-0.2, -0.15) is 0 Å². The second-order valence-corrected chi connectivity index (χ2v) is 13.9. The zero-order valence-corrected chi connectivity index (χ0v) is 31.8. The topological polar surface area (TPSA) is 259 Å². The predicted octanol–water partition coefficient (Wildman–Crippen LogP) is 6.28. The van der Waals surface area contributed by atoms with Gasteiger partial charge in [-0.25, -0.2) is 0 Å². The average molecular weight is 793 g/mol. The first-order valence-corrected chi connectivity index (χ1v) is 18.4. The van der Waals surface area contributed by atoms with Gasteiger partial charge in [0.05, 0.1) is 0 Å². The van der Waals surface area contributed by atoms with E-state index in [1.54, 1.807) is 146 Å². The molecule has 12 nitrogen and oxygen atoms in total. The number of benzene rings is 7. The Morgan fingerprint density at radius 3 is 0.383 bits per heavy atom. The minimum Gasteiger partial charge on any atom is -0.366 e. The summed E-state index contributed by atoms with van der Waals surface area (Å²) in [7, 11) is 0. The minimum atomic E-state index is -0.633. The van der Waals surface area contributed by atoms with E-state index in [0.29, 0.717) is 66.8 Å². The van der Waals surface area contributed by atoms with E-state index in [2.05, 4.69) is 0 Å². The highest BCUT2D eigenvalue weighted by atomic mass is 16.2. The van der Waals surface area contributed by atoms with Crippen LogP contribution in [0.4, 0.5) is 0 Å². The second kappa shape index (κ2) is 16.1. The lowest BCUT2D eigenvalue weighted by Gasteiger charge is -2.29. The Morgan fingerprint density at radius 1 is 0.200 bits per heavy atom. The van der Waals surface area contributed by atoms with Gasteiger partial charge < -0.3 is 34.4 Å². The zero-order chi connectivity index (χ0) is 42.8. The summed E-state index contributed by atoms with van der Waals surface area (Å²) >= 11 is 0. The van der Waals surface area contributed by atoms with Crippen LogP contribution in [0, 0.1) is 0 Å². The maximum atomic E-state index is 12.3. The van der Waals surface area contributed by atoms with E-state index in [9.17, 15) is 28.8 Å². The molecule has 0 aliphatic heterocycles. The lowest BCUT2D eigenvalue weighted by atomic mass is 9.74. The molecule has 0 heterocycles. The molecule has 7 aromatic rings. The molecule has 294 valence electrons. The lowest BCUT2D eigenvalue weighted by molar-refractivity contribution is 0.0992. The summed E-state index contributed by atoms with van der Waals surface area (Å²) in [5.41, 5.74) is 43.3. The van der Waals surface area contributed by atoms with Crippen molar-refractivity contribution in [3.05, 3.63) is 179 Å². The van der Waals surface area contributed by atoms with E-state index >= 15 is 0 Å². The molecule has 0 unspecified atom stereocenters. The minimum absolute atomic E-state index is 0.258. The van der Waals surface area contributed by atoms with Crippen LogP contribution < -0.4 is 34.4 Å². The van der Waals surface area contributed by atoms with Gasteiger partial charge in [0.15, 0.2) is 0 Å². The van der Waals surface area contributed by atoms with Crippen LogP contribution in [0.15, 0.2) is 146 Å². The van der Waals surface area contributed by atoms with E-state index in [1.165, 1.54) is 0 Å². The molecule has 0 saturated carbocycles. The van der Waals surface area contributed by atoms with E-state index in [0.717, 1.165) is 0 Å². The van der Waals surface area contributed by atoms with Gasteiger partial charge in [0.2, 0.25) is 35.4 Å². The summed E-state index contributed by atoms with van der Waals surface area (Å²) in [6, 6.07) is 40.5. The van der Waals surface area contributed by atoms with Crippen LogP contribution in [-0.4, -0.2) is 35.4 Å². The van der Waals surface area contributed by atoms with Gasteiger partial charge in [-0.1, -0.05) is 72.8 Å². The molecule has 0 aromatic heterocycles. The number of carbonyl (C=O) groups excluding carboxylic acids is 6. The van der Waals surface area contributed by atoms with Crippen molar-refractivity contribution in [3.63, 3.8) is 0 Å². The van der Waals surface area contributed by atoms with Crippen molar-refractivity contribution in [2.24, 2.45) is 34.4 Å². The number of hydrogen-bond donors (Lipinski definition) is 6. The zero-order valence-electron chi connectivity index (χ0n) is 31.8. The number of rotatable bonds is 12. The SMILES string of the molecule is NC(=O)c1ccc(-c2c(-c3ccc(C(N)=O)cc3)c(-c3ccc(C(N)=O)cc3)c(-c3ccc(C(N)=O)cc3)c(-c3ccc(C(N)=O)cc3)c2-c2ccc(C(N)=O)cc2)cc1. The summed E-state index contributed by atoms with van der Waals surface area (Å²) < 4.78 is 0. The first-order chi connectivity index (χ1) is 28.7. The molecule has 7 aromatic carbocycles. The fourth-order valence-corrected chi connectivity index (χ4v) is 7.29. The predicted molar refractivity (Wildman–Crippen MR) is 230 cm³/mol. The molecule has 6 amide bonds. The summed E-state index contributed by atoms with van der Waals surface area (Å²) in [6.45, 7) is 0. The van der Waals surface area contributed by atoms with Crippen LogP contribution in [0.2, 0.25) is 0 Å². The van der Waals surface area contributed by atoms with Crippen molar-refractivity contribution >= 4 is 35.4 Å². The Labute approximate surface area is 343 Å². The molecule has 7 rings (SSSR count). The molecule has 60 heavy (non-hydrogen) atoms. The Bertz CT molecular complexity index is 2330. The molecule has 12 heteroatoms. The Hall–Kier alpha value is -8.64. The fourth-order valence-electron chi connectivity index (χ4n) is 7.29. The molecule has 0 aliphatic carbocycles. The van der Waals surface area contributed by atoms with Gasteiger partial charge in [0.25, 0.3) is 0 Å². The quantitative estimate of drug-likeness (QED) is 0.0829. The van der Waals surface area contributed by atoms with Crippen molar-refractivity contribution < 1.29 is 28.8 Å². The van der Waals surface area contributed by atoms with Crippen molar-refractivity contribution in [3.8, 4) is 66.8 Å². The Morgan fingerprint density at radius 2 is 0.300 bits per heavy atom. The first-order valence-electron chi connectivity index (χ1n) is 18.4. The van der Waals surface area contributed by atoms with Crippen LogP contribution in [-0.2, 0) is 0 Å². The smallest absolute Gasteiger partial charge is 0.248 e. The summed E-state index contributed by atoms with van der Waals surface area (Å²) in [4.78, 5) is 74.1. The van der Waals surface area contributed by atoms with Gasteiger partial charge >= 0.3 is 0 Å². The van der Waals surface area contributed by atoms with Gasteiger partial charge in [-0.3, -0.25) is 28.8 Å². The summed E-state index contributed by atoms with van der Waals surface area (Å²) in [6.07, 6.45) is 0. The largest absolute Gasteiger partial charge is 0.366 e. The van der Waals surface area contributed by atoms with Gasteiger partial charge in [-0.05, 0) is 140 Å². The van der Waals surface area contributed by atoms with Crippen LogP contribution in [0.5, 0.6) is 0 Å². The molecule has 0 atom stereocenters. The molecule has 12 N–H and O–H groups in total. The monoisotopic (exact) mass is 792 g/mol. The molecule has 0 spiro atoms. The summed E-state index contributed by atoms with van der Waals surface area (Å²) in [5.74, 6) is -3.80. The molecule has 0 fully saturated rings. The number of hydrogen-bond acceptors (Lipinski definition) is 6. The maximum Gasteiger partial charge on any atom is 0.248 e. The highest BCUT2D eigenvalue weighted by Crippen LogP contribution is 2.56. The van der Waals surface area contributed by atoms with E-state index in [4.69, 9.17) is 34.4 Å². The van der Waals surface area contributed by atoms with Crippen molar-refractivity contribution in [2.75, 3.05) is 0 Å². The van der Waals surface area contributed by atoms with Gasteiger partial charge in [0, 0.05) is 33.4 Å². The van der Waals surface area contributed by atoms with Gasteiger partial charge in [0.1, 0.15) is 0 Å². The third-order valence-electron chi connectivity index (χ3n) is 10.2. The number of primary amides is 6. The number of nitrogens with two attached hydrogens (primary N) is 6. The first kappa shape index (κ1) is 39.6. The second-order valence-electron chi connectivity index (χ2n) is 13.9. The maximum absolute atomic E-state index is 12.3. The highest BCUT2D eigenvalue weighted by molar-refractivity contribution is 6.16. The third-order valence-corrected chi connectivity index (χ3v) is 10.2. The van der Waals surface area contributed by atoms with E-state index in [1.807, 2.05) is 0 Å². The van der Waals surface area contributed by atoms with Crippen LogP contribution in [0.3, 0.4) is 0 Å². The molecular formula is C48H36N6O6. The van der Waals surface area contributed by atoms with Crippen molar-refractivity contribution in [2.45, 2.75) is 0 Å². The summed E-state index contributed by atoms with van der Waals surface area (Å²) in [5, 5.41) is 0. The lowest BCUT2D eigenvalue weighted by Crippen LogP contribution is -2.11. The highest BCUT2D eigenvalue weighted by Gasteiger charge is 2.30. The Kier molecular flexibility index (Phi) is 10.6. The standard InChI is InChI=1S/C48H36N6O6/c49-43(55)31-13-1-25(2-14-31)37-38(26-3-15-32(16-4-26)44(50)56)40(28-7-19-34(20-8-28)46(52)58)42(30-11-23-36(24-12-30)48(54)60)41(29-9-21-35(22-10-29)47(53)59)39(37)27-5-17-33(18-6-27)45(51)57/h1-24H,(H2,49,55)(H2,50,56)(H2,51,57)(H2,52,58)(H2,53,59)(H2,54,60). The Balaban J connectivity index is 1.80. The molecule has 0 radical (unpaired) electrons. The molecule has 0 saturated heterocycles. The molecule has 0 aliphatic rings. The molecular weight excluding hydrogens is 757 g/mol. The van der Waals surface area contributed by atoms with Crippen LogP contribution >= 0.6 is 0 Å². The normalized spacial score (nSPS) is 10.8. The number of carbonyl (C=O) groups is 6. The van der Waals surface area contributed by atoms with Gasteiger partial charge in [-0.15, -0.1) is 0 Å². The van der Waals surface area contributed by atoms with Crippen molar-refractivity contribution in [1.29, 1.82) is 0 Å². The van der Waals surface area contributed by atoms with Crippen LogP contribution in [0.25, 0.3) is 66.8 Å². The fraction of sp³-hybridized carbons (Fsp3) is 0. The average Bonchev–Trinajstić information content (AvgIpc) is 3.25.